The number of aromatic nitrogens is 1. The van der Waals surface area contributed by atoms with E-state index in [1.54, 1.807) is 6.20 Å². The van der Waals surface area contributed by atoms with Crippen LogP contribution in [0.15, 0.2) is 48.7 Å². The molecule has 0 spiro atoms. The maximum absolute atomic E-state index is 13.4. The standard InChI is InChI=1S/C26H30N2O4/c1-7-31-24-22-10-8-9-21(20(22)13-14-27-24)23(29)19-12-11-18(15-16(19)2)17(3)28-25(30)32-26(4,5)6/h8-15,17H,7H2,1-6H3,(H,28,30)/t17-/m1/s1. The Balaban J connectivity index is 1.88. The molecule has 1 heterocycles. The average molecular weight is 435 g/mol. The Morgan fingerprint density at radius 2 is 1.81 bits per heavy atom. The third kappa shape index (κ3) is 5.25. The number of nitrogens with one attached hydrogen (secondary N) is 1. The van der Waals surface area contributed by atoms with Gasteiger partial charge in [-0.2, -0.15) is 0 Å². The predicted molar refractivity (Wildman–Crippen MR) is 125 cm³/mol. The van der Waals surface area contributed by atoms with Gasteiger partial charge in [0.05, 0.1) is 12.6 Å². The lowest BCUT2D eigenvalue weighted by Gasteiger charge is -2.22. The molecule has 3 rings (SSSR count). The van der Waals surface area contributed by atoms with Crippen LogP contribution in [-0.2, 0) is 4.74 Å². The summed E-state index contributed by atoms with van der Waals surface area (Å²) in [6.45, 7) is 11.6. The molecular weight excluding hydrogens is 404 g/mol. The molecule has 1 aromatic heterocycles. The highest BCUT2D eigenvalue weighted by atomic mass is 16.6. The van der Waals surface area contributed by atoms with Crippen LogP contribution in [0, 0.1) is 6.92 Å². The number of hydrogen-bond donors (Lipinski definition) is 1. The van der Waals surface area contributed by atoms with E-state index in [9.17, 15) is 9.59 Å². The van der Waals surface area contributed by atoms with Gasteiger partial charge in [-0.3, -0.25) is 4.79 Å². The van der Waals surface area contributed by atoms with Crippen molar-refractivity contribution in [1.82, 2.24) is 10.3 Å². The lowest BCUT2D eigenvalue weighted by Crippen LogP contribution is -2.34. The molecule has 0 fully saturated rings. The lowest BCUT2D eigenvalue weighted by molar-refractivity contribution is 0.0507. The maximum atomic E-state index is 13.4. The van der Waals surface area contributed by atoms with Crippen molar-refractivity contribution in [3.05, 3.63) is 70.9 Å². The van der Waals surface area contributed by atoms with Crippen LogP contribution in [0.4, 0.5) is 4.79 Å². The fourth-order valence-corrected chi connectivity index (χ4v) is 3.55. The molecule has 6 heteroatoms. The molecule has 3 aromatic rings. The number of aryl methyl sites for hydroxylation is 1. The van der Waals surface area contributed by atoms with Gasteiger partial charge in [-0.15, -0.1) is 0 Å². The van der Waals surface area contributed by atoms with E-state index in [1.807, 2.05) is 84.0 Å². The second kappa shape index (κ2) is 9.39. The first-order valence-electron chi connectivity index (χ1n) is 10.8. The molecule has 0 unspecified atom stereocenters. The van der Waals surface area contributed by atoms with Gasteiger partial charge in [0, 0.05) is 22.7 Å². The highest BCUT2D eigenvalue weighted by Gasteiger charge is 2.20. The average Bonchev–Trinajstić information content (AvgIpc) is 2.72. The van der Waals surface area contributed by atoms with E-state index >= 15 is 0 Å². The van der Waals surface area contributed by atoms with Crippen LogP contribution in [0.3, 0.4) is 0 Å². The fourth-order valence-electron chi connectivity index (χ4n) is 3.55. The maximum Gasteiger partial charge on any atom is 0.408 e. The Hall–Kier alpha value is -3.41. The quantitative estimate of drug-likeness (QED) is 0.499. The highest BCUT2D eigenvalue weighted by molar-refractivity contribution is 6.17. The largest absolute Gasteiger partial charge is 0.478 e. The van der Waals surface area contributed by atoms with Crippen LogP contribution in [0.5, 0.6) is 5.88 Å². The number of carbonyl (C=O) groups is 2. The topological polar surface area (TPSA) is 77.5 Å². The Morgan fingerprint density at radius 3 is 2.47 bits per heavy atom. The molecule has 2 aromatic carbocycles. The van der Waals surface area contributed by atoms with Crippen LogP contribution >= 0.6 is 0 Å². The summed E-state index contributed by atoms with van der Waals surface area (Å²) in [6, 6.07) is 12.7. The normalized spacial score (nSPS) is 12.3. The summed E-state index contributed by atoms with van der Waals surface area (Å²) in [5, 5.41) is 4.45. The molecule has 168 valence electrons. The molecule has 0 saturated carbocycles. The van der Waals surface area contributed by atoms with E-state index in [-0.39, 0.29) is 11.8 Å². The van der Waals surface area contributed by atoms with Crippen LogP contribution in [0.2, 0.25) is 0 Å². The molecule has 0 aliphatic carbocycles. The number of nitrogens with zero attached hydrogens (tertiary/aromatic N) is 1. The van der Waals surface area contributed by atoms with Crippen LogP contribution < -0.4 is 10.1 Å². The minimum atomic E-state index is -0.563. The predicted octanol–water partition coefficient (Wildman–Crippen LogP) is 5.76. The summed E-state index contributed by atoms with van der Waals surface area (Å²) >= 11 is 0. The van der Waals surface area contributed by atoms with Crippen molar-refractivity contribution < 1.29 is 19.1 Å². The zero-order valence-corrected chi connectivity index (χ0v) is 19.5. The van der Waals surface area contributed by atoms with Crippen LogP contribution in [0.25, 0.3) is 10.8 Å². The van der Waals surface area contributed by atoms with E-state index in [0.29, 0.717) is 23.6 Å². The summed E-state index contributed by atoms with van der Waals surface area (Å²) in [5.41, 5.74) is 2.38. The van der Waals surface area contributed by atoms with Crippen molar-refractivity contribution in [1.29, 1.82) is 0 Å². The van der Waals surface area contributed by atoms with Gasteiger partial charge in [-0.05, 0) is 70.2 Å². The third-order valence-corrected chi connectivity index (χ3v) is 5.02. The van der Waals surface area contributed by atoms with Crippen molar-refractivity contribution in [3.8, 4) is 5.88 Å². The molecule has 6 nitrogen and oxygen atoms in total. The number of ether oxygens (including phenoxy) is 2. The molecule has 0 radical (unpaired) electrons. The summed E-state index contributed by atoms with van der Waals surface area (Å²) < 4.78 is 10.9. The minimum absolute atomic E-state index is 0.0685. The second-order valence-corrected chi connectivity index (χ2v) is 8.72. The molecular formula is C26H30N2O4. The SMILES string of the molecule is CCOc1nccc2c(C(=O)c3ccc([C@@H](C)NC(=O)OC(C)(C)C)cc3C)cccc12. The number of pyridine rings is 1. The smallest absolute Gasteiger partial charge is 0.408 e. The van der Waals surface area contributed by atoms with Gasteiger partial charge in [0.1, 0.15) is 5.60 Å². The van der Waals surface area contributed by atoms with E-state index < -0.39 is 11.7 Å². The molecule has 1 atom stereocenters. The van der Waals surface area contributed by atoms with Crippen molar-refractivity contribution >= 4 is 22.6 Å². The molecule has 0 saturated heterocycles. The Bertz CT molecular complexity index is 1150. The number of alkyl carbamates (subject to hydrolysis) is 1. The minimum Gasteiger partial charge on any atom is -0.478 e. The van der Waals surface area contributed by atoms with Gasteiger partial charge < -0.3 is 14.8 Å². The zero-order chi connectivity index (χ0) is 23.5. The number of benzene rings is 2. The van der Waals surface area contributed by atoms with Crippen LogP contribution in [0.1, 0.15) is 67.7 Å². The Labute approximate surface area is 189 Å². The van der Waals surface area contributed by atoms with E-state index in [4.69, 9.17) is 9.47 Å². The van der Waals surface area contributed by atoms with Gasteiger partial charge >= 0.3 is 6.09 Å². The summed E-state index contributed by atoms with van der Waals surface area (Å²) in [5.74, 6) is 0.454. The van der Waals surface area contributed by atoms with Gasteiger partial charge in [-0.25, -0.2) is 9.78 Å². The van der Waals surface area contributed by atoms with Crippen molar-refractivity contribution in [2.75, 3.05) is 6.61 Å². The number of ketones is 1. The molecule has 1 N–H and O–H groups in total. The second-order valence-electron chi connectivity index (χ2n) is 8.72. The van der Waals surface area contributed by atoms with Gasteiger partial charge in [0.15, 0.2) is 5.78 Å². The molecule has 0 aliphatic rings. The van der Waals surface area contributed by atoms with Gasteiger partial charge in [0.2, 0.25) is 5.88 Å². The molecule has 32 heavy (non-hydrogen) atoms. The first-order chi connectivity index (χ1) is 15.1. The number of hydrogen-bond acceptors (Lipinski definition) is 5. The van der Waals surface area contributed by atoms with E-state index in [0.717, 1.165) is 21.9 Å². The number of rotatable bonds is 6. The summed E-state index contributed by atoms with van der Waals surface area (Å²) in [7, 11) is 0. The highest BCUT2D eigenvalue weighted by Crippen LogP contribution is 2.28. The number of fused-ring (bicyclic) bond motifs is 1. The van der Waals surface area contributed by atoms with E-state index in [2.05, 4.69) is 10.3 Å². The number of amides is 1. The first kappa shape index (κ1) is 23.3. The lowest BCUT2D eigenvalue weighted by atomic mass is 9.93. The fraction of sp³-hybridized carbons (Fsp3) is 0.346. The van der Waals surface area contributed by atoms with Crippen molar-refractivity contribution in [2.24, 2.45) is 0 Å². The monoisotopic (exact) mass is 434 g/mol. The van der Waals surface area contributed by atoms with Crippen LogP contribution in [-0.4, -0.2) is 29.1 Å². The zero-order valence-electron chi connectivity index (χ0n) is 19.5. The van der Waals surface area contributed by atoms with Crippen molar-refractivity contribution in [3.63, 3.8) is 0 Å². The summed E-state index contributed by atoms with van der Waals surface area (Å²) in [6.07, 6.45) is 1.18. The third-order valence-electron chi connectivity index (χ3n) is 5.02. The molecule has 0 aliphatic heterocycles. The first-order valence-corrected chi connectivity index (χ1v) is 10.8. The Morgan fingerprint density at radius 1 is 1.06 bits per heavy atom. The number of carbonyl (C=O) groups excluding carboxylic acids is 2. The van der Waals surface area contributed by atoms with Gasteiger partial charge in [-0.1, -0.05) is 30.3 Å². The molecule has 1 amide bonds. The Kier molecular flexibility index (Phi) is 6.82. The van der Waals surface area contributed by atoms with Crippen molar-refractivity contribution in [2.45, 2.75) is 53.2 Å². The van der Waals surface area contributed by atoms with Gasteiger partial charge in [0.25, 0.3) is 0 Å². The summed E-state index contributed by atoms with van der Waals surface area (Å²) in [4.78, 5) is 29.8. The van der Waals surface area contributed by atoms with E-state index in [1.165, 1.54) is 0 Å². The molecule has 0 bridgehead atoms.